The van der Waals surface area contributed by atoms with E-state index in [4.69, 9.17) is 0 Å². The zero-order valence-corrected chi connectivity index (χ0v) is 13.5. The van der Waals surface area contributed by atoms with E-state index < -0.39 is 0 Å². The van der Waals surface area contributed by atoms with Crippen LogP contribution < -0.4 is 5.32 Å². The van der Waals surface area contributed by atoms with Crippen LogP contribution in [0.1, 0.15) is 51.6 Å². The van der Waals surface area contributed by atoms with E-state index in [2.05, 4.69) is 49.5 Å². The first-order valence-corrected chi connectivity index (χ1v) is 8.12. The number of nitrogens with one attached hydrogen (secondary N) is 1. The fraction of sp³-hybridized carbons (Fsp3) is 0.611. The van der Waals surface area contributed by atoms with Crippen molar-refractivity contribution in [2.45, 2.75) is 52.1 Å². The minimum atomic E-state index is 0.204. The van der Waals surface area contributed by atoms with Crippen molar-refractivity contribution in [3.05, 3.63) is 35.9 Å². The maximum atomic E-state index is 11.4. The van der Waals surface area contributed by atoms with Gasteiger partial charge in [0.25, 0.3) is 0 Å². The number of rotatable bonds is 5. The second-order valence-electron chi connectivity index (χ2n) is 6.54. The summed E-state index contributed by atoms with van der Waals surface area (Å²) in [7, 11) is 0. The molecule has 0 bridgehead atoms. The van der Waals surface area contributed by atoms with Gasteiger partial charge in [-0.2, -0.15) is 0 Å². The summed E-state index contributed by atoms with van der Waals surface area (Å²) >= 11 is 0. The Kier molecular flexibility index (Phi) is 5.80. The Morgan fingerprint density at radius 2 is 1.86 bits per heavy atom. The topological polar surface area (TPSA) is 32.3 Å². The molecule has 0 radical (unpaired) electrons. The third kappa shape index (κ3) is 4.85. The van der Waals surface area contributed by atoms with Gasteiger partial charge in [0.2, 0.25) is 5.91 Å². The number of carbonyl (C=O) groups is 1. The summed E-state index contributed by atoms with van der Waals surface area (Å²) in [5, 5.41) is 3.83. The Hall–Kier alpha value is -1.35. The smallest absolute Gasteiger partial charge is 0.219 e. The molecule has 1 unspecified atom stereocenters. The largest absolute Gasteiger partial charge is 0.343 e. The fourth-order valence-electron chi connectivity index (χ4n) is 3.10. The number of benzene rings is 1. The van der Waals surface area contributed by atoms with Crippen molar-refractivity contribution < 1.29 is 4.79 Å². The summed E-state index contributed by atoms with van der Waals surface area (Å²) in [6.07, 6.45) is 3.26. The van der Waals surface area contributed by atoms with Crippen LogP contribution in [-0.2, 0) is 4.79 Å². The van der Waals surface area contributed by atoms with Crippen molar-refractivity contribution in [2.75, 3.05) is 13.1 Å². The van der Waals surface area contributed by atoms with Gasteiger partial charge in [0.15, 0.2) is 0 Å². The number of hydrogen-bond acceptors (Lipinski definition) is 2. The van der Waals surface area contributed by atoms with Crippen molar-refractivity contribution in [1.82, 2.24) is 10.2 Å². The van der Waals surface area contributed by atoms with Crippen molar-refractivity contribution in [3.63, 3.8) is 0 Å². The van der Waals surface area contributed by atoms with Crippen LogP contribution in [0.15, 0.2) is 30.3 Å². The van der Waals surface area contributed by atoms with Crippen LogP contribution in [0.5, 0.6) is 0 Å². The van der Waals surface area contributed by atoms with Crippen molar-refractivity contribution in [2.24, 2.45) is 5.92 Å². The molecule has 1 fully saturated rings. The van der Waals surface area contributed by atoms with Gasteiger partial charge in [-0.25, -0.2) is 0 Å². The Morgan fingerprint density at radius 3 is 2.38 bits per heavy atom. The van der Waals surface area contributed by atoms with Gasteiger partial charge in [-0.1, -0.05) is 44.2 Å². The lowest BCUT2D eigenvalue weighted by Crippen LogP contribution is -2.45. The van der Waals surface area contributed by atoms with Gasteiger partial charge >= 0.3 is 0 Å². The Labute approximate surface area is 128 Å². The summed E-state index contributed by atoms with van der Waals surface area (Å²) in [6.45, 7) is 7.98. The summed E-state index contributed by atoms with van der Waals surface area (Å²) in [6, 6.07) is 11.7. The van der Waals surface area contributed by atoms with Gasteiger partial charge in [0.1, 0.15) is 0 Å². The normalized spacial score (nSPS) is 18.0. The van der Waals surface area contributed by atoms with E-state index in [0.29, 0.717) is 18.0 Å². The van der Waals surface area contributed by atoms with E-state index in [-0.39, 0.29) is 5.91 Å². The lowest BCUT2D eigenvalue weighted by atomic mass is 9.94. The number of piperidine rings is 1. The molecule has 0 saturated carbocycles. The molecule has 1 aliphatic rings. The molecular weight excluding hydrogens is 260 g/mol. The standard InChI is InChI=1S/C18H28N2O/c1-14(2)13-18(16-7-5-4-6-8-16)19-17-9-11-20(12-10-17)15(3)21/h4-8,14,17-19H,9-13H2,1-3H3. The maximum Gasteiger partial charge on any atom is 0.219 e. The number of nitrogens with zero attached hydrogens (tertiary/aromatic N) is 1. The first-order chi connectivity index (χ1) is 10.1. The third-order valence-electron chi connectivity index (χ3n) is 4.29. The molecule has 0 spiro atoms. The van der Waals surface area contributed by atoms with E-state index in [1.807, 2.05) is 4.90 Å². The quantitative estimate of drug-likeness (QED) is 0.901. The highest BCUT2D eigenvalue weighted by molar-refractivity contribution is 5.73. The Balaban J connectivity index is 1.95. The zero-order chi connectivity index (χ0) is 15.2. The van der Waals surface area contributed by atoms with E-state index in [0.717, 1.165) is 32.4 Å². The monoisotopic (exact) mass is 288 g/mol. The number of carbonyl (C=O) groups excluding carboxylic acids is 1. The van der Waals surface area contributed by atoms with Gasteiger partial charge < -0.3 is 10.2 Å². The summed E-state index contributed by atoms with van der Waals surface area (Å²) < 4.78 is 0. The predicted molar refractivity (Wildman–Crippen MR) is 87.0 cm³/mol. The van der Waals surface area contributed by atoms with Crippen LogP contribution in [0.4, 0.5) is 0 Å². The van der Waals surface area contributed by atoms with Crippen molar-refractivity contribution in [1.29, 1.82) is 0 Å². The van der Waals surface area contributed by atoms with Gasteiger partial charge in [0, 0.05) is 32.1 Å². The van der Waals surface area contributed by atoms with Gasteiger partial charge in [0.05, 0.1) is 0 Å². The van der Waals surface area contributed by atoms with Crippen molar-refractivity contribution in [3.8, 4) is 0 Å². The number of hydrogen-bond donors (Lipinski definition) is 1. The molecule has 0 aliphatic carbocycles. The minimum absolute atomic E-state index is 0.204. The van der Waals surface area contributed by atoms with E-state index in [1.54, 1.807) is 6.92 Å². The van der Waals surface area contributed by atoms with E-state index in [1.165, 1.54) is 5.56 Å². The minimum Gasteiger partial charge on any atom is -0.343 e. The number of likely N-dealkylation sites (tertiary alicyclic amines) is 1. The van der Waals surface area contributed by atoms with E-state index >= 15 is 0 Å². The second kappa shape index (κ2) is 7.60. The molecule has 1 aliphatic heterocycles. The molecule has 2 rings (SSSR count). The van der Waals surface area contributed by atoms with Gasteiger partial charge in [-0.05, 0) is 30.7 Å². The molecule has 1 N–H and O–H groups in total. The van der Waals surface area contributed by atoms with E-state index in [9.17, 15) is 4.79 Å². The Bertz CT molecular complexity index is 436. The maximum absolute atomic E-state index is 11.4. The molecule has 3 heteroatoms. The van der Waals surface area contributed by atoms with Gasteiger partial charge in [-0.3, -0.25) is 4.79 Å². The van der Waals surface area contributed by atoms with Crippen LogP contribution >= 0.6 is 0 Å². The van der Waals surface area contributed by atoms with Crippen LogP contribution in [0.3, 0.4) is 0 Å². The van der Waals surface area contributed by atoms with Crippen LogP contribution in [0, 0.1) is 5.92 Å². The average molecular weight is 288 g/mol. The molecule has 1 heterocycles. The number of amides is 1. The zero-order valence-electron chi connectivity index (χ0n) is 13.5. The highest BCUT2D eigenvalue weighted by atomic mass is 16.2. The Morgan fingerprint density at radius 1 is 1.24 bits per heavy atom. The summed E-state index contributed by atoms with van der Waals surface area (Å²) in [5.74, 6) is 0.871. The lowest BCUT2D eigenvalue weighted by molar-refractivity contribution is -0.129. The molecule has 3 nitrogen and oxygen atoms in total. The van der Waals surface area contributed by atoms with Crippen LogP contribution in [0.25, 0.3) is 0 Å². The SMILES string of the molecule is CC(=O)N1CCC(NC(CC(C)C)c2ccccc2)CC1. The molecule has 1 aromatic carbocycles. The highest BCUT2D eigenvalue weighted by Gasteiger charge is 2.23. The van der Waals surface area contributed by atoms with Crippen LogP contribution in [0.2, 0.25) is 0 Å². The molecular formula is C18H28N2O. The van der Waals surface area contributed by atoms with Gasteiger partial charge in [-0.15, -0.1) is 0 Å². The lowest BCUT2D eigenvalue weighted by Gasteiger charge is -2.34. The third-order valence-corrected chi connectivity index (χ3v) is 4.29. The molecule has 1 aromatic rings. The summed E-state index contributed by atoms with van der Waals surface area (Å²) in [4.78, 5) is 13.4. The molecule has 0 aromatic heterocycles. The second-order valence-corrected chi connectivity index (χ2v) is 6.54. The first kappa shape index (κ1) is 16.0. The summed E-state index contributed by atoms with van der Waals surface area (Å²) in [5.41, 5.74) is 1.38. The predicted octanol–water partition coefficient (Wildman–Crippen LogP) is 3.37. The highest BCUT2D eigenvalue weighted by Crippen LogP contribution is 2.23. The van der Waals surface area contributed by atoms with Crippen LogP contribution in [-0.4, -0.2) is 29.9 Å². The molecule has 1 amide bonds. The molecule has 1 saturated heterocycles. The first-order valence-electron chi connectivity index (χ1n) is 8.12. The molecule has 116 valence electrons. The molecule has 1 atom stereocenters. The molecule has 21 heavy (non-hydrogen) atoms. The fourth-order valence-corrected chi connectivity index (χ4v) is 3.10. The average Bonchev–Trinajstić information content (AvgIpc) is 2.47. The van der Waals surface area contributed by atoms with Crippen molar-refractivity contribution >= 4 is 5.91 Å².